The third-order valence-corrected chi connectivity index (χ3v) is 4.26. The van der Waals surface area contributed by atoms with Crippen molar-refractivity contribution in [2.75, 3.05) is 25.8 Å². The zero-order valence-corrected chi connectivity index (χ0v) is 14.9. The Labute approximate surface area is 150 Å². The summed E-state index contributed by atoms with van der Waals surface area (Å²) in [4.78, 5) is 23.6. The lowest BCUT2D eigenvalue weighted by Gasteiger charge is -2.35. The summed E-state index contributed by atoms with van der Waals surface area (Å²) in [5.41, 5.74) is 2.45. The molecule has 3 rings (SSSR count). The van der Waals surface area contributed by atoms with Crippen LogP contribution in [0.4, 0.5) is 0 Å². The molecule has 2 heterocycles. The number of pyridine rings is 1. The number of benzene rings is 1. The molecule has 1 N–H and O–H groups in total. The lowest BCUT2D eigenvalue weighted by Crippen LogP contribution is -2.40. The van der Waals surface area contributed by atoms with E-state index in [2.05, 4.69) is 6.58 Å². The molecule has 0 amide bonds. The van der Waals surface area contributed by atoms with Crippen molar-refractivity contribution in [3.05, 3.63) is 57.9 Å². The van der Waals surface area contributed by atoms with Crippen molar-refractivity contribution in [2.45, 2.75) is 13.5 Å². The first-order valence-electron chi connectivity index (χ1n) is 8.00. The van der Waals surface area contributed by atoms with Crippen LogP contribution in [0, 0.1) is 0 Å². The largest absolute Gasteiger partial charge is 0.493 e. The molecule has 136 valence electrons. The molecular formula is C19H20N2O5. The molecule has 0 atom stereocenters. The van der Waals surface area contributed by atoms with E-state index in [0.29, 0.717) is 30.3 Å². The summed E-state index contributed by atoms with van der Waals surface area (Å²) >= 11 is 0. The van der Waals surface area contributed by atoms with Crippen molar-refractivity contribution in [1.82, 2.24) is 4.68 Å². The van der Waals surface area contributed by atoms with Crippen LogP contribution in [0.5, 0.6) is 11.5 Å². The predicted octanol–water partition coefficient (Wildman–Crippen LogP) is 2.26. The van der Waals surface area contributed by atoms with Gasteiger partial charge in [0.15, 0.2) is 16.9 Å². The van der Waals surface area contributed by atoms with E-state index in [1.54, 1.807) is 25.0 Å². The van der Waals surface area contributed by atoms with E-state index in [0.717, 1.165) is 16.7 Å². The predicted molar refractivity (Wildman–Crippen MR) is 97.8 cm³/mol. The summed E-state index contributed by atoms with van der Waals surface area (Å²) in [6.45, 7) is 6.86. The number of carboxylic acid groups (broad SMARTS) is 1. The zero-order valence-electron chi connectivity index (χ0n) is 14.9. The molecule has 0 fully saturated rings. The number of carbonyl (C=O) groups is 1. The third kappa shape index (κ3) is 2.92. The summed E-state index contributed by atoms with van der Waals surface area (Å²) < 4.78 is 12.4. The average Bonchev–Trinajstić information content (AvgIpc) is 2.59. The monoisotopic (exact) mass is 356 g/mol. The molecule has 0 saturated heterocycles. The molecule has 7 nitrogen and oxygen atoms in total. The van der Waals surface area contributed by atoms with E-state index >= 15 is 0 Å². The van der Waals surface area contributed by atoms with Crippen molar-refractivity contribution in [3.8, 4) is 22.8 Å². The number of nitrogens with zero attached hydrogens (tertiary/aromatic N) is 2. The standard InChI is InChI=1S/C19H20N2O5/c1-11(2)8-20-9-12-5-17(25-3)18(26-4)6-13(12)15-7-16(22)14(19(23)24)10-21(15)20/h5-7,10H,1,8-9H2,2-4H3,(H,23,24). The van der Waals surface area contributed by atoms with E-state index in [4.69, 9.17) is 9.47 Å². The van der Waals surface area contributed by atoms with Crippen molar-refractivity contribution in [1.29, 1.82) is 0 Å². The lowest BCUT2D eigenvalue weighted by molar-refractivity contribution is 0.0694. The first-order chi connectivity index (χ1) is 12.3. The van der Waals surface area contributed by atoms with E-state index in [-0.39, 0.29) is 5.56 Å². The lowest BCUT2D eigenvalue weighted by atomic mass is 9.99. The van der Waals surface area contributed by atoms with Gasteiger partial charge in [-0.2, -0.15) is 0 Å². The van der Waals surface area contributed by atoms with Crippen molar-refractivity contribution < 1.29 is 19.4 Å². The maximum absolute atomic E-state index is 12.3. The third-order valence-electron chi connectivity index (χ3n) is 4.26. The van der Waals surface area contributed by atoms with Gasteiger partial charge in [-0.05, 0) is 24.6 Å². The van der Waals surface area contributed by atoms with Crippen LogP contribution in [-0.2, 0) is 6.54 Å². The van der Waals surface area contributed by atoms with Crippen LogP contribution in [0.1, 0.15) is 22.8 Å². The second-order valence-electron chi connectivity index (χ2n) is 6.23. The normalized spacial score (nSPS) is 12.2. The smallest absolute Gasteiger partial charge is 0.341 e. The van der Waals surface area contributed by atoms with Gasteiger partial charge in [-0.1, -0.05) is 12.2 Å². The molecule has 0 aliphatic carbocycles. The topological polar surface area (TPSA) is 81.0 Å². The highest BCUT2D eigenvalue weighted by Gasteiger charge is 2.25. The Kier molecular flexibility index (Phi) is 4.46. The first-order valence-corrected chi connectivity index (χ1v) is 8.00. The molecule has 0 spiro atoms. The minimum atomic E-state index is -1.25. The SMILES string of the molecule is C=C(C)CN1Cc2cc(OC)c(OC)cc2-c2cc(=O)c(C(=O)O)cn21. The summed E-state index contributed by atoms with van der Waals surface area (Å²) in [6, 6.07) is 5.02. The van der Waals surface area contributed by atoms with Gasteiger partial charge >= 0.3 is 5.97 Å². The van der Waals surface area contributed by atoms with Gasteiger partial charge in [-0.15, -0.1) is 0 Å². The Morgan fingerprint density at radius 2 is 1.88 bits per heavy atom. The van der Waals surface area contributed by atoms with E-state index in [1.165, 1.54) is 12.3 Å². The van der Waals surface area contributed by atoms with Crippen LogP contribution in [-0.4, -0.2) is 36.5 Å². The molecule has 0 bridgehead atoms. The van der Waals surface area contributed by atoms with Gasteiger partial charge < -0.3 is 19.6 Å². The zero-order chi connectivity index (χ0) is 19.0. The fourth-order valence-electron chi connectivity index (χ4n) is 3.13. The van der Waals surface area contributed by atoms with Crippen LogP contribution < -0.4 is 19.9 Å². The Hall–Kier alpha value is -3.22. The second kappa shape index (κ2) is 6.59. The van der Waals surface area contributed by atoms with Crippen molar-refractivity contribution >= 4 is 5.97 Å². The van der Waals surface area contributed by atoms with E-state index < -0.39 is 11.4 Å². The maximum Gasteiger partial charge on any atom is 0.341 e. The first kappa shape index (κ1) is 17.6. The fraction of sp³-hybridized carbons (Fsp3) is 0.263. The Morgan fingerprint density at radius 3 is 2.46 bits per heavy atom. The number of carboxylic acids is 1. The average molecular weight is 356 g/mol. The van der Waals surface area contributed by atoms with Crippen molar-refractivity contribution in [3.63, 3.8) is 0 Å². The minimum absolute atomic E-state index is 0.274. The number of methoxy groups -OCH3 is 2. The van der Waals surface area contributed by atoms with Gasteiger partial charge in [0, 0.05) is 17.8 Å². The number of rotatable bonds is 5. The van der Waals surface area contributed by atoms with Crippen LogP contribution in [0.3, 0.4) is 0 Å². The van der Waals surface area contributed by atoms with Crippen LogP contribution >= 0.6 is 0 Å². The van der Waals surface area contributed by atoms with Gasteiger partial charge in [0.2, 0.25) is 0 Å². The second-order valence-corrected chi connectivity index (χ2v) is 6.23. The molecule has 0 unspecified atom stereocenters. The molecule has 1 aromatic carbocycles. The molecular weight excluding hydrogens is 336 g/mol. The summed E-state index contributed by atoms with van der Waals surface area (Å²) in [7, 11) is 3.11. The highest BCUT2D eigenvalue weighted by Crippen LogP contribution is 2.38. The van der Waals surface area contributed by atoms with Crippen LogP contribution in [0.25, 0.3) is 11.3 Å². The van der Waals surface area contributed by atoms with Gasteiger partial charge in [0.25, 0.3) is 0 Å². The van der Waals surface area contributed by atoms with Crippen molar-refractivity contribution in [2.24, 2.45) is 0 Å². The molecule has 26 heavy (non-hydrogen) atoms. The van der Waals surface area contributed by atoms with Crippen LogP contribution in [0.15, 0.2) is 41.3 Å². The molecule has 1 aliphatic heterocycles. The number of ether oxygens (including phenoxy) is 2. The number of fused-ring (bicyclic) bond motifs is 3. The molecule has 1 aliphatic rings. The Bertz CT molecular complexity index is 961. The Morgan fingerprint density at radius 1 is 1.23 bits per heavy atom. The number of aromatic carboxylic acids is 1. The minimum Gasteiger partial charge on any atom is -0.493 e. The van der Waals surface area contributed by atoms with Gasteiger partial charge in [0.05, 0.1) is 33.0 Å². The summed E-state index contributed by atoms with van der Waals surface area (Å²) in [5.74, 6) is -0.112. The van der Waals surface area contributed by atoms with E-state index in [1.807, 2.05) is 18.0 Å². The fourth-order valence-corrected chi connectivity index (χ4v) is 3.13. The van der Waals surface area contributed by atoms with Crippen LogP contribution in [0.2, 0.25) is 0 Å². The number of hydrogen-bond donors (Lipinski definition) is 1. The quantitative estimate of drug-likeness (QED) is 0.828. The van der Waals surface area contributed by atoms with Gasteiger partial charge in [0.1, 0.15) is 5.56 Å². The summed E-state index contributed by atoms with van der Waals surface area (Å²) in [5, 5.41) is 11.2. The molecule has 2 aromatic rings. The molecule has 7 heteroatoms. The van der Waals surface area contributed by atoms with E-state index in [9.17, 15) is 14.7 Å². The molecule has 1 aromatic heterocycles. The molecule has 0 saturated carbocycles. The highest BCUT2D eigenvalue weighted by molar-refractivity contribution is 5.88. The molecule has 0 radical (unpaired) electrons. The van der Waals surface area contributed by atoms with Gasteiger partial charge in [-0.25, -0.2) is 4.79 Å². The number of hydrogen-bond acceptors (Lipinski definition) is 5. The highest BCUT2D eigenvalue weighted by atomic mass is 16.5. The summed E-state index contributed by atoms with van der Waals surface area (Å²) in [6.07, 6.45) is 1.36. The Balaban J connectivity index is 2.28. The number of aromatic nitrogens is 1. The maximum atomic E-state index is 12.3. The van der Waals surface area contributed by atoms with Gasteiger partial charge in [-0.3, -0.25) is 9.47 Å².